The Bertz CT molecular complexity index is 618. The van der Waals surface area contributed by atoms with Gasteiger partial charge in [-0.15, -0.1) is 4.37 Å². The highest BCUT2D eigenvalue weighted by atomic mass is 32.1. The van der Waals surface area contributed by atoms with Gasteiger partial charge in [0.05, 0.1) is 18.3 Å². The smallest absolute Gasteiger partial charge is 0.414 e. The first-order valence-corrected chi connectivity index (χ1v) is 8.41. The van der Waals surface area contributed by atoms with Crippen LogP contribution in [0, 0.1) is 11.8 Å². The van der Waals surface area contributed by atoms with Gasteiger partial charge in [-0.05, 0) is 37.3 Å². The summed E-state index contributed by atoms with van der Waals surface area (Å²) >= 11 is 1.25. The molecule has 0 aromatic carbocycles. The fourth-order valence-corrected chi connectivity index (χ4v) is 2.88. The molecule has 1 aliphatic heterocycles. The molecule has 0 radical (unpaired) electrons. The number of hydrogen-bond donors (Lipinski definition) is 2. The van der Waals surface area contributed by atoms with E-state index in [0.29, 0.717) is 0 Å². The number of aromatic nitrogens is 2. The molecule has 9 heteroatoms. The predicted octanol–water partition coefficient (Wildman–Crippen LogP) is 1.45. The fourth-order valence-electron chi connectivity index (χ4n) is 2.35. The number of likely N-dealkylation sites (N-methyl/N-ethyl adjacent to an activating group) is 1. The van der Waals surface area contributed by atoms with Gasteiger partial charge in [-0.25, -0.2) is 9.59 Å². The second-order valence-corrected chi connectivity index (χ2v) is 6.60. The van der Waals surface area contributed by atoms with Crippen molar-refractivity contribution in [3.8, 4) is 5.88 Å². The molecule has 8 nitrogen and oxygen atoms in total. The van der Waals surface area contributed by atoms with Crippen LogP contribution in [0.1, 0.15) is 25.5 Å². The van der Waals surface area contributed by atoms with Crippen LogP contribution < -0.4 is 4.74 Å². The summed E-state index contributed by atoms with van der Waals surface area (Å²) < 4.78 is 14.5. The zero-order valence-electron chi connectivity index (χ0n) is 13.6. The van der Waals surface area contributed by atoms with Gasteiger partial charge in [0, 0.05) is 13.1 Å². The number of carboxylic acid groups (broad SMARTS) is 2. The summed E-state index contributed by atoms with van der Waals surface area (Å²) in [7, 11) is 2.14. The summed E-state index contributed by atoms with van der Waals surface area (Å²) in [5.41, 5.74) is 2.22. The normalized spacial score (nSPS) is 22.8. The van der Waals surface area contributed by atoms with Gasteiger partial charge in [-0.2, -0.15) is 4.37 Å². The molecule has 2 aliphatic rings. The molecule has 24 heavy (non-hydrogen) atoms. The highest BCUT2D eigenvalue weighted by Gasteiger charge is 2.33. The molecule has 1 aromatic rings. The van der Waals surface area contributed by atoms with Crippen LogP contribution in [0.3, 0.4) is 0 Å². The molecule has 1 fully saturated rings. The molecular weight excluding hydrogens is 334 g/mol. The Balaban J connectivity index is 0.000000301. The van der Waals surface area contributed by atoms with Crippen molar-refractivity contribution in [1.82, 2.24) is 13.6 Å². The first-order valence-electron chi connectivity index (χ1n) is 7.68. The molecule has 1 saturated carbocycles. The fraction of sp³-hybridized carbons (Fsp3) is 0.600. The van der Waals surface area contributed by atoms with Crippen molar-refractivity contribution >= 4 is 29.2 Å². The first kappa shape index (κ1) is 18.3. The molecule has 0 bridgehead atoms. The molecule has 0 spiro atoms. The van der Waals surface area contributed by atoms with Crippen molar-refractivity contribution in [1.29, 1.82) is 0 Å². The van der Waals surface area contributed by atoms with Gasteiger partial charge in [-0.3, -0.25) is 0 Å². The Kier molecular flexibility index (Phi) is 6.27. The third-order valence-corrected chi connectivity index (χ3v) is 4.51. The van der Waals surface area contributed by atoms with E-state index >= 15 is 0 Å². The number of carboxylic acids is 2. The first-order chi connectivity index (χ1) is 11.4. The van der Waals surface area contributed by atoms with Crippen molar-refractivity contribution in [3.63, 3.8) is 0 Å². The Hall–Kier alpha value is -2.00. The maximum Gasteiger partial charge on any atom is 0.414 e. The summed E-state index contributed by atoms with van der Waals surface area (Å²) in [6.07, 6.45) is 4.64. The Morgan fingerprint density at radius 2 is 2.04 bits per heavy atom. The van der Waals surface area contributed by atoms with Crippen LogP contribution in [0.4, 0.5) is 0 Å². The van der Waals surface area contributed by atoms with Crippen molar-refractivity contribution in [2.75, 3.05) is 26.7 Å². The van der Waals surface area contributed by atoms with E-state index in [0.717, 1.165) is 49.5 Å². The van der Waals surface area contributed by atoms with Gasteiger partial charge in [-0.1, -0.05) is 13.0 Å². The van der Waals surface area contributed by atoms with E-state index in [-0.39, 0.29) is 0 Å². The quantitative estimate of drug-likeness (QED) is 0.780. The lowest BCUT2D eigenvalue weighted by atomic mass is 10.1. The van der Waals surface area contributed by atoms with Crippen LogP contribution in [0.25, 0.3) is 5.57 Å². The molecule has 3 rings (SSSR count). The van der Waals surface area contributed by atoms with Gasteiger partial charge in [0.25, 0.3) is 5.88 Å². The lowest BCUT2D eigenvalue weighted by molar-refractivity contribution is -0.159. The van der Waals surface area contributed by atoms with Crippen molar-refractivity contribution in [3.05, 3.63) is 11.8 Å². The summed E-state index contributed by atoms with van der Waals surface area (Å²) in [6.45, 7) is 5.13. The second kappa shape index (κ2) is 8.20. The molecule has 1 aromatic heterocycles. The minimum atomic E-state index is -1.82. The maximum absolute atomic E-state index is 9.10. The number of ether oxygens (including phenoxy) is 1. The van der Waals surface area contributed by atoms with E-state index in [1.807, 2.05) is 0 Å². The molecule has 2 N–H and O–H groups in total. The SMILES string of the molecule is CC1CC1COc1nsnc1C1=CCCN(C)C1.O=C(O)C(=O)O. The van der Waals surface area contributed by atoms with Crippen LogP contribution in [-0.4, -0.2) is 62.5 Å². The Labute approximate surface area is 144 Å². The number of hydrogen-bond acceptors (Lipinski definition) is 7. The molecule has 2 heterocycles. The third kappa shape index (κ3) is 5.27. The van der Waals surface area contributed by atoms with Gasteiger partial charge in [0.15, 0.2) is 0 Å². The lowest BCUT2D eigenvalue weighted by Gasteiger charge is -2.22. The highest BCUT2D eigenvalue weighted by Crippen LogP contribution is 2.38. The van der Waals surface area contributed by atoms with Crippen molar-refractivity contribution < 1.29 is 24.5 Å². The van der Waals surface area contributed by atoms with E-state index in [9.17, 15) is 0 Å². The van der Waals surface area contributed by atoms with E-state index in [1.165, 1.54) is 23.7 Å². The minimum absolute atomic E-state index is 0.725. The average Bonchev–Trinajstić information content (AvgIpc) is 3.05. The highest BCUT2D eigenvalue weighted by molar-refractivity contribution is 6.99. The van der Waals surface area contributed by atoms with E-state index in [4.69, 9.17) is 24.5 Å². The number of carbonyl (C=O) groups is 2. The van der Waals surface area contributed by atoms with Crippen molar-refractivity contribution in [2.24, 2.45) is 11.8 Å². The topological polar surface area (TPSA) is 113 Å². The standard InChI is InChI=1S/C13H19N3OS.C2H2O4/c1-9-6-11(9)8-17-13-12(14-18-15-13)10-4-3-5-16(2)7-10;3-1(4)2(5)6/h4,9,11H,3,5-8H2,1-2H3;(H,3,4)(H,5,6). The largest absolute Gasteiger partial charge is 0.475 e. The van der Waals surface area contributed by atoms with Crippen LogP contribution in [-0.2, 0) is 9.59 Å². The molecule has 2 atom stereocenters. The molecule has 132 valence electrons. The minimum Gasteiger partial charge on any atom is -0.475 e. The van der Waals surface area contributed by atoms with E-state index in [1.54, 1.807) is 0 Å². The molecular formula is C15H21N3O5S. The third-order valence-electron chi connectivity index (χ3n) is 4.00. The van der Waals surface area contributed by atoms with Gasteiger partial charge in [0.1, 0.15) is 5.69 Å². The zero-order chi connectivity index (χ0) is 17.7. The zero-order valence-corrected chi connectivity index (χ0v) is 14.5. The van der Waals surface area contributed by atoms with Crippen molar-refractivity contribution in [2.45, 2.75) is 19.8 Å². The molecule has 1 aliphatic carbocycles. The van der Waals surface area contributed by atoms with Crippen LogP contribution >= 0.6 is 11.7 Å². The molecule has 0 saturated heterocycles. The van der Waals surface area contributed by atoms with E-state index < -0.39 is 11.9 Å². The van der Waals surface area contributed by atoms with Crippen LogP contribution in [0.5, 0.6) is 5.88 Å². The molecule has 2 unspecified atom stereocenters. The number of nitrogens with zero attached hydrogens (tertiary/aromatic N) is 3. The lowest BCUT2D eigenvalue weighted by Crippen LogP contribution is -2.25. The second-order valence-electron chi connectivity index (χ2n) is 6.07. The Morgan fingerprint density at radius 1 is 1.38 bits per heavy atom. The molecule has 0 amide bonds. The van der Waals surface area contributed by atoms with Gasteiger partial charge < -0.3 is 19.8 Å². The Morgan fingerprint density at radius 3 is 2.58 bits per heavy atom. The van der Waals surface area contributed by atoms with Crippen LogP contribution in [0.2, 0.25) is 0 Å². The van der Waals surface area contributed by atoms with Gasteiger partial charge in [0.2, 0.25) is 0 Å². The summed E-state index contributed by atoms with van der Waals surface area (Å²) in [4.78, 5) is 20.5. The van der Waals surface area contributed by atoms with Crippen LogP contribution in [0.15, 0.2) is 6.08 Å². The number of aliphatic carboxylic acids is 2. The van der Waals surface area contributed by atoms with Gasteiger partial charge >= 0.3 is 11.9 Å². The summed E-state index contributed by atoms with van der Waals surface area (Å²) in [6, 6.07) is 0. The predicted molar refractivity (Wildman–Crippen MR) is 88.0 cm³/mol. The summed E-state index contributed by atoms with van der Waals surface area (Å²) in [5.74, 6) is -1.37. The summed E-state index contributed by atoms with van der Waals surface area (Å²) in [5, 5.41) is 14.8. The van der Waals surface area contributed by atoms with E-state index in [2.05, 4.69) is 33.7 Å². The monoisotopic (exact) mass is 355 g/mol. The maximum atomic E-state index is 9.10. The number of rotatable bonds is 4. The average molecular weight is 355 g/mol.